The lowest BCUT2D eigenvalue weighted by Crippen LogP contribution is -2.36. The number of nitrogens with one attached hydrogen (secondary N) is 2. The summed E-state index contributed by atoms with van der Waals surface area (Å²) in [6, 6.07) is 4.13. The highest BCUT2D eigenvalue weighted by Gasteiger charge is 2.38. The number of rotatable bonds is 8. The molecule has 0 spiro atoms. The Hall–Kier alpha value is -4.05. The molecule has 4 heterocycles. The molecule has 12 nitrogen and oxygen atoms in total. The molecule has 4 aromatic rings. The summed E-state index contributed by atoms with van der Waals surface area (Å²) < 4.78 is 66.8. The molecular weight excluding hydrogens is 575 g/mol. The van der Waals surface area contributed by atoms with Crippen molar-refractivity contribution in [3.05, 3.63) is 54.9 Å². The normalized spacial score (nSPS) is 21.3. The maximum atomic E-state index is 13.2. The lowest BCUT2D eigenvalue weighted by molar-refractivity contribution is -0.141. The molecule has 0 saturated heterocycles. The average molecular weight is 604 g/mol. The number of nitrogens with zero attached hydrogens (tertiary/aromatic N) is 7. The largest absolute Gasteiger partial charge is 0.435 e. The SMILES string of the molecule is CC1(O)CCC(Nc2cc(Nc3ccnc(-c4cnn(S(=O)(=O)C5CC5)c4)n3)ncc2-n2ccc(C(F)(F)F)n2)CC1. The van der Waals surface area contributed by atoms with Gasteiger partial charge < -0.3 is 15.7 Å². The van der Waals surface area contributed by atoms with Gasteiger partial charge in [-0.1, -0.05) is 0 Å². The van der Waals surface area contributed by atoms with Gasteiger partial charge in [0.25, 0.3) is 10.0 Å². The monoisotopic (exact) mass is 603 g/mol. The third-order valence-electron chi connectivity index (χ3n) is 7.37. The van der Waals surface area contributed by atoms with Crippen LogP contribution in [0.15, 0.2) is 49.2 Å². The van der Waals surface area contributed by atoms with E-state index < -0.39 is 32.7 Å². The van der Waals surface area contributed by atoms with Crippen molar-refractivity contribution < 1.29 is 26.7 Å². The third-order valence-corrected chi connectivity index (χ3v) is 9.40. The molecule has 6 rings (SSSR count). The Kier molecular flexibility index (Phi) is 6.92. The highest BCUT2D eigenvalue weighted by Crippen LogP contribution is 2.34. The van der Waals surface area contributed by atoms with Crippen LogP contribution < -0.4 is 10.6 Å². The first-order chi connectivity index (χ1) is 19.9. The number of hydrogen-bond donors (Lipinski definition) is 3. The van der Waals surface area contributed by atoms with Crippen LogP contribution in [0.1, 0.15) is 51.1 Å². The smallest absolute Gasteiger partial charge is 0.390 e. The van der Waals surface area contributed by atoms with E-state index >= 15 is 0 Å². The fourth-order valence-electron chi connectivity index (χ4n) is 4.80. The second-order valence-electron chi connectivity index (χ2n) is 10.9. The molecule has 4 aromatic heterocycles. The van der Waals surface area contributed by atoms with Crippen LogP contribution in [-0.4, -0.2) is 64.3 Å². The van der Waals surface area contributed by atoms with Gasteiger partial charge in [0, 0.05) is 24.5 Å². The van der Waals surface area contributed by atoms with Crippen molar-refractivity contribution in [1.82, 2.24) is 33.9 Å². The van der Waals surface area contributed by atoms with Crippen molar-refractivity contribution in [2.45, 2.75) is 68.5 Å². The number of hydrogen-bond acceptors (Lipinski definition) is 10. The summed E-state index contributed by atoms with van der Waals surface area (Å²) in [6.45, 7) is 1.79. The molecule has 0 aromatic carbocycles. The first kappa shape index (κ1) is 28.1. The van der Waals surface area contributed by atoms with Crippen molar-refractivity contribution in [2.75, 3.05) is 10.6 Å². The molecule has 2 fully saturated rings. The fraction of sp³-hybridized carbons (Fsp3) is 0.423. The summed E-state index contributed by atoms with van der Waals surface area (Å²) in [6.07, 6.45) is 6.04. The molecule has 0 bridgehead atoms. The van der Waals surface area contributed by atoms with Crippen molar-refractivity contribution in [3.8, 4) is 17.1 Å². The van der Waals surface area contributed by atoms with E-state index in [-0.39, 0.29) is 11.9 Å². The Bertz CT molecular complexity index is 1700. The van der Waals surface area contributed by atoms with E-state index in [1.54, 1.807) is 19.1 Å². The van der Waals surface area contributed by atoms with Gasteiger partial charge in [0.1, 0.15) is 17.3 Å². The molecule has 16 heteroatoms. The number of aromatic nitrogens is 7. The van der Waals surface area contributed by atoms with Crippen LogP contribution in [0, 0.1) is 0 Å². The molecule has 0 unspecified atom stereocenters. The van der Waals surface area contributed by atoms with E-state index in [4.69, 9.17) is 0 Å². The molecule has 42 heavy (non-hydrogen) atoms. The van der Waals surface area contributed by atoms with Gasteiger partial charge in [0.05, 0.1) is 40.7 Å². The molecule has 222 valence electrons. The van der Waals surface area contributed by atoms with Crippen molar-refractivity contribution in [2.24, 2.45) is 0 Å². The van der Waals surface area contributed by atoms with Gasteiger partial charge in [-0.05, 0) is 57.6 Å². The van der Waals surface area contributed by atoms with Gasteiger partial charge in [-0.3, -0.25) is 0 Å². The first-order valence-corrected chi connectivity index (χ1v) is 14.9. The van der Waals surface area contributed by atoms with E-state index in [1.165, 1.54) is 31.0 Å². The van der Waals surface area contributed by atoms with E-state index in [2.05, 4.69) is 35.8 Å². The summed E-state index contributed by atoms with van der Waals surface area (Å²) in [4.78, 5) is 13.1. The zero-order valence-electron chi connectivity index (χ0n) is 22.5. The molecular formula is C26H28F3N9O3S. The second kappa shape index (κ2) is 10.3. The predicted molar refractivity (Wildman–Crippen MR) is 147 cm³/mol. The van der Waals surface area contributed by atoms with Gasteiger partial charge in [-0.15, -0.1) is 0 Å². The van der Waals surface area contributed by atoms with E-state index in [9.17, 15) is 26.7 Å². The lowest BCUT2D eigenvalue weighted by atomic mass is 9.83. The molecule has 2 saturated carbocycles. The zero-order chi connectivity index (χ0) is 29.7. The van der Waals surface area contributed by atoms with E-state index in [0.717, 1.165) is 14.8 Å². The summed E-state index contributed by atoms with van der Waals surface area (Å²) in [5, 5.41) is 24.1. The van der Waals surface area contributed by atoms with Crippen LogP contribution in [0.2, 0.25) is 0 Å². The Morgan fingerprint density at radius 1 is 1.07 bits per heavy atom. The fourth-order valence-corrected chi connectivity index (χ4v) is 6.28. The Morgan fingerprint density at radius 3 is 2.52 bits per heavy atom. The quantitative estimate of drug-likeness (QED) is 0.268. The summed E-state index contributed by atoms with van der Waals surface area (Å²) >= 11 is 0. The number of halogens is 3. The Balaban J connectivity index is 1.27. The summed E-state index contributed by atoms with van der Waals surface area (Å²) in [7, 11) is -3.53. The minimum absolute atomic E-state index is 0.0222. The molecule has 0 amide bonds. The number of alkyl halides is 3. The third kappa shape index (κ3) is 5.94. The van der Waals surface area contributed by atoms with Gasteiger partial charge in [-0.25, -0.2) is 28.1 Å². The highest BCUT2D eigenvalue weighted by atomic mass is 32.2. The Labute approximate surface area is 239 Å². The second-order valence-corrected chi connectivity index (χ2v) is 13.0. The topological polar surface area (TPSA) is 153 Å². The van der Waals surface area contributed by atoms with Gasteiger partial charge in [0.15, 0.2) is 11.5 Å². The van der Waals surface area contributed by atoms with Crippen molar-refractivity contribution >= 4 is 27.3 Å². The van der Waals surface area contributed by atoms with E-state index in [1.807, 2.05) is 0 Å². The summed E-state index contributed by atoms with van der Waals surface area (Å²) in [5.41, 5.74) is -0.538. The molecule has 2 aliphatic carbocycles. The Morgan fingerprint density at radius 2 is 1.83 bits per heavy atom. The van der Waals surface area contributed by atoms with Gasteiger partial charge in [0.2, 0.25) is 0 Å². The molecule has 0 atom stereocenters. The van der Waals surface area contributed by atoms with Crippen molar-refractivity contribution in [3.63, 3.8) is 0 Å². The van der Waals surface area contributed by atoms with Crippen LogP contribution in [0.3, 0.4) is 0 Å². The minimum atomic E-state index is -4.59. The molecule has 0 radical (unpaired) electrons. The highest BCUT2D eigenvalue weighted by molar-refractivity contribution is 7.90. The van der Waals surface area contributed by atoms with E-state index in [0.29, 0.717) is 67.1 Å². The van der Waals surface area contributed by atoms with Crippen LogP contribution in [0.5, 0.6) is 0 Å². The number of anilines is 3. The molecule has 3 N–H and O–H groups in total. The van der Waals surface area contributed by atoms with Crippen LogP contribution in [-0.2, 0) is 16.2 Å². The minimum Gasteiger partial charge on any atom is -0.390 e. The first-order valence-electron chi connectivity index (χ1n) is 13.4. The maximum Gasteiger partial charge on any atom is 0.435 e. The lowest BCUT2D eigenvalue weighted by Gasteiger charge is -2.34. The standard InChI is InChI=1S/C26H28F3N9O3S/c1-25(39)8-4-17(5-9-25)33-19-12-23(31-14-20(19)37-11-7-21(36-37)26(27,28)29)34-22-6-10-30-24(35-22)16-13-32-38(15-16)42(40,41)18-2-3-18/h6-7,10-15,17-18,39H,2-5,8-9H2,1H3,(H2,30,31,33,34,35). The van der Waals surface area contributed by atoms with Crippen molar-refractivity contribution in [1.29, 1.82) is 0 Å². The molecule has 2 aliphatic rings. The predicted octanol–water partition coefficient (Wildman–Crippen LogP) is 4.13. The number of aliphatic hydroxyl groups is 1. The average Bonchev–Trinajstić information content (AvgIpc) is 3.46. The van der Waals surface area contributed by atoms with Gasteiger partial charge >= 0.3 is 6.18 Å². The summed E-state index contributed by atoms with van der Waals surface area (Å²) in [5.74, 6) is 0.956. The maximum absolute atomic E-state index is 13.2. The van der Waals surface area contributed by atoms with Crippen LogP contribution in [0.4, 0.5) is 30.5 Å². The van der Waals surface area contributed by atoms with Crippen LogP contribution >= 0.6 is 0 Å². The zero-order valence-corrected chi connectivity index (χ0v) is 23.3. The number of pyridine rings is 1. The molecule has 0 aliphatic heterocycles. The van der Waals surface area contributed by atoms with Gasteiger partial charge in [-0.2, -0.15) is 27.5 Å². The van der Waals surface area contributed by atoms with Crippen LogP contribution in [0.25, 0.3) is 17.1 Å².